The van der Waals surface area contributed by atoms with E-state index < -0.39 is 11.9 Å². The summed E-state index contributed by atoms with van der Waals surface area (Å²) < 4.78 is 1.42. The number of carbonyl (C=O) groups excluding carboxylic acids is 4. The molecule has 1 atom stereocenters. The molecule has 36 heavy (non-hydrogen) atoms. The smallest absolute Gasteiger partial charge is 0.273 e. The SMILES string of the molecule is O=C1CCC(N2Cc3ccc(-n4cc(C(=O)NCc5ccc6cn[nH]c6c5)nn4)cc3C2=O)C(=O)N1. The van der Waals surface area contributed by atoms with Crippen LogP contribution in [0.25, 0.3) is 16.6 Å². The van der Waals surface area contributed by atoms with Crippen LogP contribution in [0.2, 0.25) is 0 Å². The molecule has 12 nitrogen and oxygen atoms in total. The predicted octanol–water partition coefficient (Wildman–Crippen LogP) is 0.835. The van der Waals surface area contributed by atoms with Crippen molar-refractivity contribution < 1.29 is 19.2 Å². The lowest BCUT2D eigenvalue weighted by Gasteiger charge is -2.29. The molecule has 1 fully saturated rings. The number of amides is 4. The summed E-state index contributed by atoms with van der Waals surface area (Å²) in [5.74, 6) is -1.45. The van der Waals surface area contributed by atoms with E-state index in [0.717, 1.165) is 22.0 Å². The fourth-order valence-electron chi connectivity index (χ4n) is 4.55. The number of piperidine rings is 1. The number of nitrogens with zero attached hydrogens (tertiary/aromatic N) is 5. The molecule has 0 saturated carbocycles. The summed E-state index contributed by atoms with van der Waals surface area (Å²) >= 11 is 0. The lowest BCUT2D eigenvalue weighted by Crippen LogP contribution is -2.52. The molecule has 2 aromatic carbocycles. The summed E-state index contributed by atoms with van der Waals surface area (Å²) in [4.78, 5) is 50.8. The minimum absolute atomic E-state index is 0.134. The number of fused-ring (bicyclic) bond motifs is 2. The lowest BCUT2D eigenvalue weighted by molar-refractivity contribution is -0.136. The Labute approximate surface area is 203 Å². The van der Waals surface area contributed by atoms with Crippen molar-refractivity contribution in [3.05, 3.63) is 71.2 Å². The first kappa shape index (κ1) is 21.6. The Hall–Kier alpha value is -4.87. The van der Waals surface area contributed by atoms with Crippen LogP contribution < -0.4 is 10.6 Å². The van der Waals surface area contributed by atoms with Gasteiger partial charge in [0.1, 0.15) is 6.04 Å². The van der Waals surface area contributed by atoms with Crippen molar-refractivity contribution in [2.24, 2.45) is 0 Å². The van der Waals surface area contributed by atoms with E-state index in [1.807, 2.05) is 18.2 Å². The monoisotopic (exact) mass is 484 g/mol. The summed E-state index contributed by atoms with van der Waals surface area (Å²) in [6.07, 6.45) is 3.72. The third kappa shape index (κ3) is 3.78. The van der Waals surface area contributed by atoms with Crippen molar-refractivity contribution >= 4 is 34.5 Å². The molecule has 0 aliphatic carbocycles. The molecule has 0 bridgehead atoms. The second kappa shape index (κ2) is 8.41. The Kier molecular flexibility index (Phi) is 5.06. The van der Waals surface area contributed by atoms with Gasteiger partial charge in [-0.2, -0.15) is 5.10 Å². The Morgan fingerprint density at radius 2 is 2.03 bits per heavy atom. The number of imide groups is 1. The summed E-state index contributed by atoms with van der Waals surface area (Å²) in [6, 6.07) is 10.3. The average molecular weight is 484 g/mol. The van der Waals surface area contributed by atoms with Crippen LogP contribution >= 0.6 is 0 Å². The topological polar surface area (TPSA) is 155 Å². The highest BCUT2D eigenvalue weighted by atomic mass is 16.2. The normalized spacial score (nSPS) is 17.4. The number of H-pyrrole nitrogens is 1. The Balaban J connectivity index is 1.15. The lowest BCUT2D eigenvalue weighted by atomic mass is 10.0. The van der Waals surface area contributed by atoms with Gasteiger partial charge in [-0.25, -0.2) is 4.68 Å². The highest BCUT2D eigenvalue weighted by molar-refractivity contribution is 6.05. The number of rotatable bonds is 5. The molecule has 2 aliphatic heterocycles. The summed E-state index contributed by atoms with van der Waals surface area (Å²) in [7, 11) is 0. The summed E-state index contributed by atoms with van der Waals surface area (Å²) in [5, 5.41) is 21.0. The highest BCUT2D eigenvalue weighted by Crippen LogP contribution is 2.29. The molecule has 4 amide bonds. The van der Waals surface area contributed by atoms with Crippen LogP contribution in [0.4, 0.5) is 0 Å². The van der Waals surface area contributed by atoms with Gasteiger partial charge in [0.15, 0.2) is 5.69 Å². The van der Waals surface area contributed by atoms with Gasteiger partial charge >= 0.3 is 0 Å². The number of aromatic amines is 1. The minimum atomic E-state index is -0.679. The predicted molar refractivity (Wildman–Crippen MR) is 125 cm³/mol. The zero-order chi connectivity index (χ0) is 24.8. The molecular formula is C24H20N8O4. The number of carbonyl (C=O) groups is 4. The number of nitrogens with one attached hydrogen (secondary N) is 3. The molecule has 6 rings (SSSR count). The van der Waals surface area contributed by atoms with Gasteiger partial charge in [0.05, 0.1) is 23.6 Å². The molecule has 4 aromatic rings. The zero-order valence-corrected chi connectivity index (χ0v) is 18.9. The maximum absolute atomic E-state index is 13.0. The molecule has 1 saturated heterocycles. The second-order valence-corrected chi connectivity index (χ2v) is 8.76. The van der Waals surface area contributed by atoms with Gasteiger partial charge in [0, 0.05) is 30.5 Å². The number of benzene rings is 2. The van der Waals surface area contributed by atoms with Gasteiger partial charge in [0.2, 0.25) is 11.8 Å². The maximum atomic E-state index is 13.0. The van der Waals surface area contributed by atoms with Crippen LogP contribution in [-0.4, -0.2) is 59.8 Å². The average Bonchev–Trinajstić information content (AvgIpc) is 3.61. The molecule has 2 aliphatic rings. The molecule has 4 heterocycles. The summed E-state index contributed by atoms with van der Waals surface area (Å²) in [6.45, 7) is 0.597. The third-order valence-electron chi connectivity index (χ3n) is 6.46. The number of hydrogen-bond donors (Lipinski definition) is 3. The Morgan fingerprint density at radius 3 is 2.89 bits per heavy atom. The van der Waals surface area contributed by atoms with Gasteiger partial charge in [-0.3, -0.25) is 29.6 Å². The molecule has 0 radical (unpaired) electrons. The van der Waals surface area contributed by atoms with E-state index in [4.69, 9.17) is 0 Å². The van der Waals surface area contributed by atoms with Crippen LogP contribution in [0.1, 0.15) is 44.8 Å². The van der Waals surface area contributed by atoms with Crippen LogP contribution in [0.15, 0.2) is 48.8 Å². The minimum Gasteiger partial charge on any atom is -0.347 e. The first-order valence-electron chi connectivity index (χ1n) is 11.4. The van der Waals surface area contributed by atoms with Gasteiger partial charge < -0.3 is 10.2 Å². The largest absolute Gasteiger partial charge is 0.347 e. The van der Waals surface area contributed by atoms with Crippen molar-refractivity contribution in [2.45, 2.75) is 32.0 Å². The molecule has 3 N–H and O–H groups in total. The van der Waals surface area contributed by atoms with E-state index in [1.165, 1.54) is 15.8 Å². The zero-order valence-electron chi connectivity index (χ0n) is 18.9. The fourth-order valence-corrected chi connectivity index (χ4v) is 4.55. The highest BCUT2D eigenvalue weighted by Gasteiger charge is 2.39. The Bertz CT molecular complexity index is 1550. The fraction of sp³-hybridized carbons (Fsp3) is 0.208. The van der Waals surface area contributed by atoms with Crippen molar-refractivity contribution in [1.29, 1.82) is 0 Å². The standard InChI is InChI=1S/C24H20N8O4/c33-21-6-5-20(23(35)27-21)31-11-15-3-4-16(8-17(15)24(31)36)32-12-19(29-30-32)22(34)25-9-13-1-2-14-10-26-28-18(14)7-13/h1-4,7-8,10,12,20H,5-6,9,11H2,(H,25,34)(H,26,28)(H,27,33,35). The summed E-state index contributed by atoms with van der Waals surface area (Å²) in [5.41, 5.74) is 3.71. The number of aromatic nitrogens is 5. The maximum Gasteiger partial charge on any atom is 0.273 e. The van der Waals surface area contributed by atoms with Crippen LogP contribution in [0.3, 0.4) is 0 Å². The van der Waals surface area contributed by atoms with Crippen molar-refractivity contribution in [1.82, 2.24) is 40.7 Å². The van der Waals surface area contributed by atoms with Crippen molar-refractivity contribution in [2.75, 3.05) is 0 Å². The van der Waals surface area contributed by atoms with Crippen LogP contribution in [-0.2, 0) is 22.7 Å². The van der Waals surface area contributed by atoms with Crippen molar-refractivity contribution in [3.63, 3.8) is 0 Å². The first-order valence-corrected chi connectivity index (χ1v) is 11.4. The Morgan fingerprint density at radius 1 is 1.14 bits per heavy atom. The van der Waals surface area contributed by atoms with Gasteiger partial charge in [-0.15, -0.1) is 5.10 Å². The second-order valence-electron chi connectivity index (χ2n) is 8.76. The molecule has 0 spiro atoms. The molecule has 1 unspecified atom stereocenters. The van der Waals surface area contributed by atoms with E-state index in [0.29, 0.717) is 24.2 Å². The van der Waals surface area contributed by atoms with E-state index in [1.54, 1.807) is 24.4 Å². The third-order valence-corrected chi connectivity index (χ3v) is 6.46. The molecule has 180 valence electrons. The van der Waals surface area contributed by atoms with Crippen LogP contribution in [0, 0.1) is 0 Å². The van der Waals surface area contributed by atoms with Crippen molar-refractivity contribution in [3.8, 4) is 5.69 Å². The van der Waals surface area contributed by atoms with E-state index in [-0.39, 0.29) is 36.4 Å². The molecule has 2 aromatic heterocycles. The van der Waals surface area contributed by atoms with Gasteiger partial charge in [0.25, 0.3) is 11.8 Å². The van der Waals surface area contributed by atoms with E-state index >= 15 is 0 Å². The van der Waals surface area contributed by atoms with Gasteiger partial charge in [-0.1, -0.05) is 23.4 Å². The number of hydrogen-bond acceptors (Lipinski definition) is 7. The van der Waals surface area contributed by atoms with Gasteiger partial charge in [-0.05, 0) is 35.7 Å². The quantitative estimate of drug-likeness (QED) is 0.355. The molecular weight excluding hydrogens is 464 g/mol. The van der Waals surface area contributed by atoms with E-state index in [9.17, 15) is 19.2 Å². The first-order chi connectivity index (χ1) is 17.5. The van der Waals surface area contributed by atoms with E-state index in [2.05, 4.69) is 31.1 Å². The van der Waals surface area contributed by atoms with Crippen LogP contribution in [0.5, 0.6) is 0 Å². The molecule has 12 heteroatoms.